The molecule has 0 bridgehead atoms. The van der Waals surface area contributed by atoms with Gasteiger partial charge in [-0.3, -0.25) is 4.90 Å². The normalized spacial score (nSPS) is 15.0. The first-order valence-electron chi connectivity index (χ1n) is 8.37. The molecule has 24 heavy (non-hydrogen) atoms. The summed E-state index contributed by atoms with van der Waals surface area (Å²) in [5.74, 6) is 0. The largest absolute Gasteiger partial charge is 0.379 e. The zero-order valence-corrected chi connectivity index (χ0v) is 15.6. The minimum atomic E-state index is 0.680. The zero-order valence-electron chi connectivity index (χ0n) is 14.0. The van der Waals surface area contributed by atoms with E-state index in [0.717, 1.165) is 62.5 Å². The molecule has 0 spiro atoms. The summed E-state index contributed by atoms with van der Waals surface area (Å²) in [7, 11) is 0. The highest BCUT2D eigenvalue weighted by Crippen LogP contribution is 2.12. The van der Waals surface area contributed by atoms with Crippen molar-refractivity contribution in [3.8, 4) is 0 Å². The van der Waals surface area contributed by atoms with Crippen LogP contribution in [0.4, 0.5) is 0 Å². The molecule has 2 rings (SSSR count). The molecule has 0 aliphatic carbocycles. The molecule has 132 valence electrons. The van der Waals surface area contributed by atoms with E-state index in [-0.39, 0.29) is 0 Å². The van der Waals surface area contributed by atoms with Gasteiger partial charge in [0.25, 0.3) is 0 Å². The lowest BCUT2D eigenvalue weighted by atomic mass is 10.2. The van der Waals surface area contributed by atoms with Crippen molar-refractivity contribution in [3.63, 3.8) is 0 Å². The van der Waals surface area contributed by atoms with Gasteiger partial charge in [-0.15, -0.1) is 6.58 Å². The summed E-state index contributed by atoms with van der Waals surface area (Å²) in [6.45, 7) is 10.9. The topological polar surface area (TPSA) is 27.7 Å². The van der Waals surface area contributed by atoms with Crippen molar-refractivity contribution >= 4 is 28.9 Å². The molecule has 0 amide bonds. The van der Waals surface area contributed by atoms with Crippen LogP contribution < -0.4 is 5.32 Å². The molecule has 1 fully saturated rings. The maximum Gasteiger partial charge on any atom is 0.169 e. The molecule has 1 aliphatic heterocycles. The average Bonchev–Trinajstić information content (AvgIpc) is 2.61. The number of hydrogen-bond acceptors (Lipinski definition) is 3. The summed E-state index contributed by atoms with van der Waals surface area (Å²) < 4.78 is 5.40. The number of hydrogen-bond donors (Lipinski definition) is 1. The van der Waals surface area contributed by atoms with Gasteiger partial charge in [0.1, 0.15) is 0 Å². The highest BCUT2D eigenvalue weighted by atomic mass is 35.5. The minimum Gasteiger partial charge on any atom is -0.379 e. The van der Waals surface area contributed by atoms with Gasteiger partial charge in [0.05, 0.1) is 13.2 Å². The van der Waals surface area contributed by atoms with Crippen LogP contribution in [0.3, 0.4) is 0 Å². The first-order chi connectivity index (χ1) is 11.7. The first-order valence-corrected chi connectivity index (χ1v) is 9.16. The van der Waals surface area contributed by atoms with Crippen molar-refractivity contribution in [1.29, 1.82) is 0 Å². The van der Waals surface area contributed by atoms with Crippen LogP contribution in [0.2, 0.25) is 5.02 Å². The predicted octanol–water partition coefficient (Wildman–Crippen LogP) is 2.92. The lowest BCUT2D eigenvalue weighted by Crippen LogP contribution is -2.42. The Morgan fingerprint density at radius 3 is 2.71 bits per heavy atom. The Morgan fingerprint density at radius 1 is 1.33 bits per heavy atom. The summed E-state index contributed by atoms with van der Waals surface area (Å²) in [5.41, 5.74) is 1.20. The summed E-state index contributed by atoms with van der Waals surface area (Å²) in [6.07, 6.45) is 2.89. The maximum absolute atomic E-state index is 5.97. The summed E-state index contributed by atoms with van der Waals surface area (Å²) in [6, 6.07) is 7.94. The molecule has 0 radical (unpaired) electrons. The molecule has 1 saturated heterocycles. The molecular formula is C18H26ClN3OS. The molecule has 1 N–H and O–H groups in total. The number of halogens is 1. The highest BCUT2D eigenvalue weighted by Gasteiger charge is 2.13. The molecule has 1 aromatic rings. The standard InChI is InChI=1S/C18H26ClN3OS/c1-2-8-20-18(24)22(15-16-4-6-17(19)7-5-16)10-3-9-21-11-13-23-14-12-21/h2,4-7H,1,3,8-15H2,(H,20,24). The quantitative estimate of drug-likeness (QED) is 0.563. The monoisotopic (exact) mass is 367 g/mol. The van der Waals surface area contributed by atoms with E-state index < -0.39 is 0 Å². The van der Waals surface area contributed by atoms with E-state index >= 15 is 0 Å². The third-order valence-corrected chi connectivity index (χ3v) is 4.63. The van der Waals surface area contributed by atoms with Crippen molar-refractivity contribution in [2.24, 2.45) is 0 Å². The molecule has 1 aliphatic rings. The summed E-state index contributed by atoms with van der Waals surface area (Å²) in [5, 5.41) is 4.76. The van der Waals surface area contributed by atoms with E-state index in [9.17, 15) is 0 Å². The molecule has 0 atom stereocenters. The third kappa shape index (κ3) is 6.77. The summed E-state index contributed by atoms with van der Waals surface area (Å²) >= 11 is 11.5. The number of ether oxygens (including phenoxy) is 1. The molecule has 4 nitrogen and oxygen atoms in total. The molecule has 0 aromatic heterocycles. The maximum atomic E-state index is 5.97. The molecule has 1 heterocycles. The van der Waals surface area contributed by atoms with Crippen LogP contribution in [-0.2, 0) is 11.3 Å². The van der Waals surface area contributed by atoms with E-state index in [2.05, 4.69) is 21.7 Å². The Bertz CT molecular complexity index is 518. The average molecular weight is 368 g/mol. The van der Waals surface area contributed by atoms with Crippen molar-refractivity contribution in [2.75, 3.05) is 45.9 Å². The number of thiocarbonyl (C=S) groups is 1. The van der Waals surface area contributed by atoms with Gasteiger partial charge in [0, 0.05) is 44.3 Å². The molecule has 6 heteroatoms. The second-order valence-corrected chi connectivity index (χ2v) is 6.65. The number of nitrogens with one attached hydrogen (secondary N) is 1. The fourth-order valence-corrected chi connectivity index (χ4v) is 3.01. The molecule has 0 saturated carbocycles. The molecule has 0 unspecified atom stereocenters. The molecular weight excluding hydrogens is 342 g/mol. The van der Waals surface area contributed by atoms with E-state index in [1.165, 1.54) is 5.56 Å². The third-order valence-electron chi connectivity index (χ3n) is 3.98. The van der Waals surface area contributed by atoms with Crippen molar-refractivity contribution in [2.45, 2.75) is 13.0 Å². The Labute approximate surface area is 155 Å². The van der Waals surface area contributed by atoms with Gasteiger partial charge in [0.2, 0.25) is 0 Å². The van der Waals surface area contributed by atoms with Gasteiger partial charge in [-0.05, 0) is 36.3 Å². The van der Waals surface area contributed by atoms with Gasteiger partial charge < -0.3 is 15.0 Å². The van der Waals surface area contributed by atoms with E-state index in [0.29, 0.717) is 6.54 Å². The molecule has 1 aromatic carbocycles. The smallest absolute Gasteiger partial charge is 0.169 e. The first kappa shape index (κ1) is 19.2. The van der Waals surface area contributed by atoms with Crippen molar-refractivity contribution < 1.29 is 4.74 Å². The number of morpholine rings is 1. The Morgan fingerprint density at radius 2 is 2.04 bits per heavy atom. The number of benzene rings is 1. The Balaban J connectivity index is 1.87. The Kier molecular flexibility index (Phi) is 8.53. The summed E-state index contributed by atoms with van der Waals surface area (Å²) in [4.78, 5) is 4.66. The predicted molar refractivity (Wildman–Crippen MR) is 105 cm³/mol. The van der Waals surface area contributed by atoms with Crippen molar-refractivity contribution in [3.05, 3.63) is 47.5 Å². The van der Waals surface area contributed by atoms with Crippen LogP contribution in [-0.4, -0.2) is 60.8 Å². The number of rotatable bonds is 8. The van der Waals surface area contributed by atoms with Crippen LogP contribution in [0.5, 0.6) is 0 Å². The van der Waals surface area contributed by atoms with Crippen LogP contribution in [0.1, 0.15) is 12.0 Å². The van der Waals surface area contributed by atoms with Crippen molar-refractivity contribution in [1.82, 2.24) is 15.1 Å². The van der Waals surface area contributed by atoms with Gasteiger partial charge in [-0.1, -0.05) is 29.8 Å². The van der Waals surface area contributed by atoms with E-state index in [1.54, 1.807) is 0 Å². The van der Waals surface area contributed by atoms with Gasteiger partial charge in [-0.25, -0.2) is 0 Å². The van der Waals surface area contributed by atoms with Gasteiger partial charge >= 0.3 is 0 Å². The lowest BCUT2D eigenvalue weighted by Gasteiger charge is -2.29. The van der Waals surface area contributed by atoms with Crippen LogP contribution in [0.15, 0.2) is 36.9 Å². The fourth-order valence-electron chi connectivity index (χ4n) is 2.64. The lowest BCUT2D eigenvalue weighted by molar-refractivity contribution is 0.0367. The fraction of sp³-hybridized carbons (Fsp3) is 0.500. The number of nitrogens with zero attached hydrogens (tertiary/aromatic N) is 2. The Hall–Kier alpha value is -1.14. The van der Waals surface area contributed by atoms with Gasteiger partial charge in [-0.2, -0.15) is 0 Å². The second kappa shape index (κ2) is 10.7. The van der Waals surface area contributed by atoms with E-state index in [1.807, 2.05) is 30.3 Å². The van der Waals surface area contributed by atoms with Gasteiger partial charge in [0.15, 0.2) is 5.11 Å². The van der Waals surface area contributed by atoms with Crippen LogP contribution in [0.25, 0.3) is 0 Å². The minimum absolute atomic E-state index is 0.680. The zero-order chi connectivity index (χ0) is 17.2. The van der Waals surface area contributed by atoms with E-state index in [4.69, 9.17) is 28.6 Å². The highest BCUT2D eigenvalue weighted by molar-refractivity contribution is 7.80. The van der Waals surface area contributed by atoms with Crippen LogP contribution >= 0.6 is 23.8 Å². The second-order valence-electron chi connectivity index (χ2n) is 5.83. The SMILES string of the molecule is C=CCNC(=S)N(CCCN1CCOCC1)Cc1ccc(Cl)cc1. The van der Waals surface area contributed by atoms with Crippen LogP contribution in [0, 0.1) is 0 Å².